The molecule has 2 rings (SSSR count). The number of benzene rings is 2. The molecular formula is C15H14ClFO3. The molecule has 1 atom stereocenters. The highest BCUT2D eigenvalue weighted by molar-refractivity contribution is 6.30. The molecule has 2 aromatic carbocycles. The van der Waals surface area contributed by atoms with Gasteiger partial charge in [-0.05, 0) is 31.2 Å². The van der Waals surface area contributed by atoms with Crippen LogP contribution >= 0.6 is 11.6 Å². The first kappa shape index (κ1) is 14.6. The van der Waals surface area contributed by atoms with Crippen LogP contribution in [-0.2, 0) is 5.60 Å². The minimum atomic E-state index is -1.54. The van der Waals surface area contributed by atoms with Gasteiger partial charge in [-0.2, -0.15) is 0 Å². The zero-order valence-electron chi connectivity index (χ0n) is 10.8. The molecule has 0 bridgehead atoms. The molecule has 0 saturated heterocycles. The zero-order chi connectivity index (χ0) is 14.8. The number of hydrogen-bond donors (Lipinski definition) is 2. The minimum Gasteiger partial charge on any atom is -0.504 e. The molecule has 106 valence electrons. The molecule has 0 spiro atoms. The Kier molecular flexibility index (Phi) is 4.16. The van der Waals surface area contributed by atoms with E-state index in [9.17, 15) is 14.6 Å². The summed E-state index contributed by atoms with van der Waals surface area (Å²) in [5.41, 5.74) is -1.46. The monoisotopic (exact) mass is 296 g/mol. The first-order chi connectivity index (χ1) is 9.40. The number of ether oxygens (including phenoxy) is 1. The lowest BCUT2D eigenvalue weighted by Gasteiger charge is -2.24. The molecule has 3 nitrogen and oxygen atoms in total. The van der Waals surface area contributed by atoms with Gasteiger partial charge < -0.3 is 14.9 Å². The highest BCUT2D eigenvalue weighted by Gasteiger charge is 2.28. The second-order valence-electron chi connectivity index (χ2n) is 4.65. The van der Waals surface area contributed by atoms with Crippen LogP contribution in [0.4, 0.5) is 4.39 Å². The average molecular weight is 297 g/mol. The van der Waals surface area contributed by atoms with Crippen LogP contribution in [-0.4, -0.2) is 16.8 Å². The third-order valence-corrected chi connectivity index (χ3v) is 3.12. The Labute approximate surface area is 121 Å². The van der Waals surface area contributed by atoms with Crippen molar-refractivity contribution < 1.29 is 19.3 Å². The molecular weight excluding hydrogens is 283 g/mol. The number of halogens is 2. The first-order valence-electron chi connectivity index (χ1n) is 5.99. The van der Waals surface area contributed by atoms with E-state index < -0.39 is 11.4 Å². The summed E-state index contributed by atoms with van der Waals surface area (Å²) in [4.78, 5) is 0. The molecule has 0 heterocycles. The normalized spacial score (nSPS) is 13.8. The third-order valence-electron chi connectivity index (χ3n) is 2.89. The summed E-state index contributed by atoms with van der Waals surface area (Å²) in [5, 5.41) is 20.1. The summed E-state index contributed by atoms with van der Waals surface area (Å²) in [7, 11) is 0. The predicted octanol–water partition coefficient (Wildman–Crippen LogP) is 3.47. The van der Waals surface area contributed by atoms with Crippen LogP contribution in [0.3, 0.4) is 0 Å². The quantitative estimate of drug-likeness (QED) is 0.908. The highest BCUT2D eigenvalue weighted by atomic mass is 35.5. The third kappa shape index (κ3) is 3.21. The van der Waals surface area contributed by atoms with Crippen LogP contribution in [0.2, 0.25) is 5.02 Å². The molecule has 1 unspecified atom stereocenters. The fourth-order valence-corrected chi connectivity index (χ4v) is 1.96. The van der Waals surface area contributed by atoms with Crippen LogP contribution in [0.5, 0.6) is 11.5 Å². The van der Waals surface area contributed by atoms with Gasteiger partial charge in [0.15, 0.2) is 11.5 Å². The number of phenols is 1. The van der Waals surface area contributed by atoms with E-state index in [1.807, 2.05) is 0 Å². The van der Waals surface area contributed by atoms with Gasteiger partial charge in [0, 0.05) is 10.6 Å². The van der Waals surface area contributed by atoms with Crippen molar-refractivity contribution in [2.45, 2.75) is 12.5 Å². The van der Waals surface area contributed by atoms with E-state index >= 15 is 0 Å². The predicted molar refractivity (Wildman–Crippen MR) is 74.6 cm³/mol. The smallest absolute Gasteiger partial charge is 0.161 e. The maximum Gasteiger partial charge on any atom is 0.161 e. The maximum atomic E-state index is 13.8. The fourth-order valence-electron chi connectivity index (χ4n) is 1.80. The molecule has 5 heteroatoms. The van der Waals surface area contributed by atoms with Gasteiger partial charge in [0.05, 0.1) is 0 Å². The van der Waals surface area contributed by atoms with E-state index in [1.165, 1.54) is 25.1 Å². The number of phenolic OH excluding ortho intramolecular Hbond substituents is 1. The number of aliphatic hydroxyl groups is 1. The lowest BCUT2D eigenvalue weighted by molar-refractivity contribution is 0.00400. The summed E-state index contributed by atoms with van der Waals surface area (Å²) in [5.74, 6) is -0.426. The average Bonchev–Trinajstić information content (AvgIpc) is 2.37. The fraction of sp³-hybridized carbons (Fsp3) is 0.200. The van der Waals surface area contributed by atoms with E-state index in [0.717, 1.165) is 6.07 Å². The van der Waals surface area contributed by atoms with Gasteiger partial charge in [0.25, 0.3) is 0 Å². The Balaban J connectivity index is 2.17. The molecule has 2 N–H and O–H groups in total. The molecule has 2 aromatic rings. The van der Waals surface area contributed by atoms with Gasteiger partial charge in [0.1, 0.15) is 18.0 Å². The van der Waals surface area contributed by atoms with Crippen molar-refractivity contribution in [3.63, 3.8) is 0 Å². The molecule has 0 saturated carbocycles. The first-order valence-corrected chi connectivity index (χ1v) is 6.36. The molecule has 0 fully saturated rings. The summed E-state index contributed by atoms with van der Waals surface area (Å²) in [6.45, 7) is 1.22. The Morgan fingerprint density at radius 3 is 2.60 bits per heavy atom. The highest BCUT2D eigenvalue weighted by Crippen LogP contribution is 2.29. The van der Waals surface area contributed by atoms with Gasteiger partial charge in [0.2, 0.25) is 0 Å². The number of rotatable bonds is 4. The van der Waals surface area contributed by atoms with Crippen LogP contribution in [0.25, 0.3) is 0 Å². The topological polar surface area (TPSA) is 49.7 Å². The molecule has 0 radical (unpaired) electrons. The number of aromatic hydroxyl groups is 1. The minimum absolute atomic E-state index is 0.0418. The van der Waals surface area contributed by atoms with Crippen molar-refractivity contribution in [2.24, 2.45) is 0 Å². The summed E-state index contributed by atoms with van der Waals surface area (Å²) < 4.78 is 19.1. The van der Waals surface area contributed by atoms with E-state index in [2.05, 4.69) is 0 Å². The largest absolute Gasteiger partial charge is 0.504 e. The lowest BCUT2D eigenvalue weighted by Crippen LogP contribution is -2.30. The van der Waals surface area contributed by atoms with Crippen LogP contribution < -0.4 is 4.74 Å². The van der Waals surface area contributed by atoms with E-state index in [-0.39, 0.29) is 28.7 Å². The Bertz CT molecular complexity index is 614. The Morgan fingerprint density at radius 2 is 1.95 bits per heavy atom. The van der Waals surface area contributed by atoms with Crippen molar-refractivity contribution in [1.82, 2.24) is 0 Å². The summed E-state index contributed by atoms with van der Waals surface area (Å²) in [6, 6.07) is 10.4. The van der Waals surface area contributed by atoms with Gasteiger partial charge in [-0.3, -0.25) is 0 Å². The second kappa shape index (κ2) is 5.69. The molecule has 20 heavy (non-hydrogen) atoms. The Hall–Kier alpha value is -1.78. The Morgan fingerprint density at radius 1 is 1.25 bits per heavy atom. The van der Waals surface area contributed by atoms with Crippen molar-refractivity contribution in [1.29, 1.82) is 0 Å². The molecule has 0 aliphatic carbocycles. The summed E-state index contributed by atoms with van der Waals surface area (Å²) >= 11 is 5.67. The van der Waals surface area contributed by atoms with Crippen molar-refractivity contribution >= 4 is 11.6 Å². The van der Waals surface area contributed by atoms with Crippen LogP contribution in [0, 0.1) is 5.82 Å². The SMILES string of the molecule is CC(O)(COc1ccccc1O)c1ccc(Cl)cc1F. The van der Waals surface area contributed by atoms with E-state index in [1.54, 1.807) is 18.2 Å². The van der Waals surface area contributed by atoms with E-state index in [4.69, 9.17) is 16.3 Å². The van der Waals surface area contributed by atoms with Crippen molar-refractivity contribution in [2.75, 3.05) is 6.61 Å². The van der Waals surface area contributed by atoms with E-state index in [0.29, 0.717) is 0 Å². The van der Waals surface area contributed by atoms with Crippen molar-refractivity contribution in [3.8, 4) is 11.5 Å². The molecule has 0 aliphatic rings. The maximum absolute atomic E-state index is 13.8. The van der Waals surface area contributed by atoms with Gasteiger partial charge in [-0.1, -0.05) is 29.8 Å². The standard InChI is InChI=1S/C15H14ClFO3/c1-15(19,11-7-6-10(16)8-12(11)17)9-20-14-5-3-2-4-13(14)18/h2-8,18-19H,9H2,1H3. The second-order valence-corrected chi connectivity index (χ2v) is 5.09. The van der Waals surface area contributed by atoms with Crippen LogP contribution in [0.1, 0.15) is 12.5 Å². The molecule has 0 aromatic heterocycles. The van der Waals surface area contributed by atoms with Gasteiger partial charge in [-0.25, -0.2) is 4.39 Å². The van der Waals surface area contributed by atoms with Crippen LogP contribution in [0.15, 0.2) is 42.5 Å². The van der Waals surface area contributed by atoms with Crippen molar-refractivity contribution in [3.05, 3.63) is 58.9 Å². The molecule has 0 aliphatic heterocycles. The number of hydrogen-bond acceptors (Lipinski definition) is 3. The van der Waals surface area contributed by atoms with Gasteiger partial charge >= 0.3 is 0 Å². The lowest BCUT2D eigenvalue weighted by atomic mass is 9.96. The summed E-state index contributed by atoms with van der Waals surface area (Å²) in [6.07, 6.45) is 0. The zero-order valence-corrected chi connectivity index (χ0v) is 11.6. The van der Waals surface area contributed by atoms with Gasteiger partial charge in [-0.15, -0.1) is 0 Å². The number of para-hydroxylation sites is 2. The molecule has 0 amide bonds.